The molecule has 1 heterocycles. The van der Waals surface area contributed by atoms with Gasteiger partial charge in [0.1, 0.15) is 11.5 Å². The molecule has 0 aromatic heterocycles. The number of carboxylic acid groups (broad SMARTS) is 1. The number of nitrogens with zero attached hydrogens (tertiary/aromatic N) is 2. The molecule has 0 aliphatic carbocycles. The SMILES string of the molecule is O=C(O)C1=NN(Cc2ccc(F)cc2Br)C(=O)CC1. The van der Waals surface area contributed by atoms with Gasteiger partial charge in [-0.15, -0.1) is 0 Å². The monoisotopic (exact) mass is 328 g/mol. The van der Waals surface area contributed by atoms with Crippen molar-refractivity contribution < 1.29 is 19.1 Å². The van der Waals surface area contributed by atoms with Gasteiger partial charge < -0.3 is 5.11 Å². The number of hydrazone groups is 1. The van der Waals surface area contributed by atoms with Gasteiger partial charge in [-0.05, 0) is 17.7 Å². The molecule has 19 heavy (non-hydrogen) atoms. The van der Waals surface area contributed by atoms with Crippen molar-refractivity contribution >= 4 is 33.5 Å². The van der Waals surface area contributed by atoms with E-state index in [1.54, 1.807) is 0 Å². The van der Waals surface area contributed by atoms with Gasteiger partial charge in [0.15, 0.2) is 0 Å². The first kappa shape index (κ1) is 13.7. The standard InChI is InChI=1S/C12H10BrFN2O3/c13-9-5-8(14)2-1-7(9)6-16-11(17)4-3-10(15-16)12(18)19/h1-2,5H,3-4,6H2,(H,18,19). The van der Waals surface area contributed by atoms with Crippen LogP contribution in [0.15, 0.2) is 27.8 Å². The Morgan fingerprint density at radius 2 is 2.21 bits per heavy atom. The zero-order chi connectivity index (χ0) is 14.0. The molecule has 1 aromatic rings. The molecule has 7 heteroatoms. The van der Waals surface area contributed by atoms with E-state index >= 15 is 0 Å². The van der Waals surface area contributed by atoms with Gasteiger partial charge in [-0.25, -0.2) is 14.2 Å². The van der Waals surface area contributed by atoms with Gasteiger partial charge in [0.2, 0.25) is 5.91 Å². The number of rotatable bonds is 3. The van der Waals surface area contributed by atoms with E-state index < -0.39 is 11.8 Å². The first-order chi connectivity index (χ1) is 8.97. The van der Waals surface area contributed by atoms with Crippen molar-refractivity contribution in [3.63, 3.8) is 0 Å². The zero-order valence-electron chi connectivity index (χ0n) is 9.77. The maximum atomic E-state index is 13.0. The predicted molar refractivity (Wildman–Crippen MR) is 69.0 cm³/mol. The maximum absolute atomic E-state index is 13.0. The molecule has 0 atom stereocenters. The van der Waals surface area contributed by atoms with E-state index in [1.165, 1.54) is 18.2 Å². The molecule has 1 aliphatic heterocycles. The summed E-state index contributed by atoms with van der Waals surface area (Å²) in [4.78, 5) is 22.5. The third kappa shape index (κ3) is 3.17. The fourth-order valence-electron chi connectivity index (χ4n) is 1.69. The molecule has 1 N–H and O–H groups in total. The van der Waals surface area contributed by atoms with Crippen LogP contribution in [0.5, 0.6) is 0 Å². The van der Waals surface area contributed by atoms with E-state index in [2.05, 4.69) is 21.0 Å². The van der Waals surface area contributed by atoms with Crippen LogP contribution in [0.25, 0.3) is 0 Å². The van der Waals surface area contributed by atoms with E-state index in [0.29, 0.717) is 10.0 Å². The summed E-state index contributed by atoms with van der Waals surface area (Å²) in [5, 5.41) is 13.8. The second-order valence-electron chi connectivity index (χ2n) is 4.04. The normalized spacial score (nSPS) is 15.4. The van der Waals surface area contributed by atoms with Crippen molar-refractivity contribution in [1.29, 1.82) is 0 Å². The maximum Gasteiger partial charge on any atom is 0.352 e. The third-order valence-electron chi connectivity index (χ3n) is 2.69. The third-order valence-corrected chi connectivity index (χ3v) is 3.43. The fourth-order valence-corrected chi connectivity index (χ4v) is 2.17. The lowest BCUT2D eigenvalue weighted by molar-refractivity contribution is -0.133. The van der Waals surface area contributed by atoms with Gasteiger partial charge in [-0.3, -0.25) is 4.79 Å². The Labute approximate surface area is 116 Å². The summed E-state index contributed by atoms with van der Waals surface area (Å²) < 4.78 is 13.5. The Hall–Kier alpha value is -1.76. The molecule has 2 rings (SSSR count). The van der Waals surface area contributed by atoms with Crippen molar-refractivity contribution in [2.24, 2.45) is 5.10 Å². The molecule has 0 fully saturated rings. The Bertz CT molecular complexity index is 574. The molecule has 5 nitrogen and oxygen atoms in total. The molecule has 1 aromatic carbocycles. The second kappa shape index (κ2) is 5.48. The van der Waals surface area contributed by atoms with Crippen molar-refractivity contribution in [2.45, 2.75) is 19.4 Å². The van der Waals surface area contributed by atoms with Crippen LogP contribution >= 0.6 is 15.9 Å². The van der Waals surface area contributed by atoms with Crippen LogP contribution in [0.2, 0.25) is 0 Å². The van der Waals surface area contributed by atoms with Gasteiger partial charge in [0.25, 0.3) is 0 Å². The predicted octanol–water partition coefficient (Wildman–Crippen LogP) is 2.15. The van der Waals surface area contributed by atoms with E-state index in [4.69, 9.17) is 5.11 Å². The summed E-state index contributed by atoms with van der Waals surface area (Å²) in [6.07, 6.45) is 0.249. The van der Waals surface area contributed by atoms with Crippen LogP contribution < -0.4 is 0 Å². The Morgan fingerprint density at radius 3 is 2.84 bits per heavy atom. The lowest BCUT2D eigenvalue weighted by atomic mass is 10.1. The van der Waals surface area contributed by atoms with Crippen LogP contribution in [-0.4, -0.2) is 27.7 Å². The lowest BCUT2D eigenvalue weighted by Crippen LogP contribution is -2.33. The molecular weight excluding hydrogens is 319 g/mol. The minimum absolute atomic E-state index is 0.0437. The Balaban J connectivity index is 2.23. The number of hydrogen-bond donors (Lipinski definition) is 1. The fraction of sp³-hybridized carbons (Fsp3) is 0.250. The molecule has 0 saturated carbocycles. The highest BCUT2D eigenvalue weighted by atomic mass is 79.9. The number of benzene rings is 1. The number of carbonyl (C=O) groups is 2. The Morgan fingerprint density at radius 1 is 1.47 bits per heavy atom. The molecule has 0 radical (unpaired) electrons. The first-order valence-electron chi connectivity index (χ1n) is 5.52. The molecule has 0 spiro atoms. The highest BCUT2D eigenvalue weighted by Crippen LogP contribution is 2.21. The highest BCUT2D eigenvalue weighted by Gasteiger charge is 2.24. The van der Waals surface area contributed by atoms with Crippen LogP contribution in [0.3, 0.4) is 0 Å². The zero-order valence-corrected chi connectivity index (χ0v) is 11.4. The summed E-state index contributed by atoms with van der Waals surface area (Å²) in [6.45, 7) is 0.108. The summed E-state index contributed by atoms with van der Waals surface area (Å²) >= 11 is 3.20. The molecule has 1 aliphatic rings. The van der Waals surface area contributed by atoms with Gasteiger partial charge in [0, 0.05) is 17.3 Å². The molecule has 100 valence electrons. The van der Waals surface area contributed by atoms with Crippen molar-refractivity contribution in [1.82, 2.24) is 5.01 Å². The van der Waals surface area contributed by atoms with Crippen LogP contribution in [0.4, 0.5) is 4.39 Å². The van der Waals surface area contributed by atoms with Crippen molar-refractivity contribution in [3.05, 3.63) is 34.1 Å². The average Bonchev–Trinajstić information content (AvgIpc) is 2.34. The van der Waals surface area contributed by atoms with Gasteiger partial charge in [-0.2, -0.15) is 5.10 Å². The van der Waals surface area contributed by atoms with Gasteiger partial charge in [0.05, 0.1) is 6.54 Å². The number of halogens is 2. The second-order valence-corrected chi connectivity index (χ2v) is 4.89. The molecule has 1 amide bonds. The quantitative estimate of drug-likeness (QED) is 0.924. The average molecular weight is 329 g/mol. The Kier molecular flexibility index (Phi) is 3.94. The smallest absolute Gasteiger partial charge is 0.352 e. The number of hydrogen-bond acceptors (Lipinski definition) is 3. The summed E-state index contributed by atoms with van der Waals surface area (Å²) in [6, 6.07) is 4.08. The topological polar surface area (TPSA) is 70.0 Å². The van der Waals surface area contributed by atoms with Crippen molar-refractivity contribution in [3.8, 4) is 0 Å². The number of carbonyl (C=O) groups excluding carboxylic acids is 1. The molecule has 0 unspecified atom stereocenters. The molecule has 0 bridgehead atoms. The lowest BCUT2D eigenvalue weighted by Gasteiger charge is -2.22. The number of carboxylic acids is 1. The van der Waals surface area contributed by atoms with E-state index in [9.17, 15) is 14.0 Å². The highest BCUT2D eigenvalue weighted by molar-refractivity contribution is 9.10. The minimum Gasteiger partial charge on any atom is -0.477 e. The van der Waals surface area contributed by atoms with Crippen molar-refractivity contribution in [2.75, 3.05) is 0 Å². The van der Waals surface area contributed by atoms with E-state index in [-0.39, 0.29) is 31.0 Å². The molecular formula is C12H10BrFN2O3. The van der Waals surface area contributed by atoms with E-state index in [0.717, 1.165) is 5.01 Å². The summed E-state index contributed by atoms with van der Waals surface area (Å²) in [5.41, 5.74) is 0.614. The summed E-state index contributed by atoms with van der Waals surface area (Å²) in [5.74, 6) is -1.77. The van der Waals surface area contributed by atoms with Crippen LogP contribution in [0, 0.1) is 5.82 Å². The summed E-state index contributed by atoms with van der Waals surface area (Å²) in [7, 11) is 0. The number of amides is 1. The molecule has 0 saturated heterocycles. The van der Waals surface area contributed by atoms with Crippen LogP contribution in [-0.2, 0) is 16.1 Å². The van der Waals surface area contributed by atoms with Gasteiger partial charge >= 0.3 is 5.97 Å². The first-order valence-corrected chi connectivity index (χ1v) is 6.31. The van der Waals surface area contributed by atoms with Crippen LogP contribution in [0.1, 0.15) is 18.4 Å². The van der Waals surface area contributed by atoms with Gasteiger partial charge in [-0.1, -0.05) is 22.0 Å². The number of aliphatic carboxylic acids is 1. The minimum atomic E-state index is -1.13. The van der Waals surface area contributed by atoms with E-state index in [1.807, 2.05) is 0 Å². The largest absolute Gasteiger partial charge is 0.477 e.